The van der Waals surface area contributed by atoms with Crippen molar-refractivity contribution >= 4 is 17.1 Å². The fourth-order valence-corrected chi connectivity index (χ4v) is 1.83. The van der Waals surface area contributed by atoms with Crippen LogP contribution in [-0.2, 0) is 0 Å². The third-order valence-corrected chi connectivity index (χ3v) is 2.83. The summed E-state index contributed by atoms with van der Waals surface area (Å²) in [6.45, 7) is 1.80. The number of allylic oxidation sites excluding steroid dienone is 1. The molecule has 2 aromatic rings. The van der Waals surface area contributed by atoms with Crippen LogP contribution in [0.15, 0.2) is 30.5 Å². The SMILES string of the molecule is CC(O)CCCC=Cc1cnc2cc(O)ccc2n1. The molecular weight excluding hydrogens is 240 g/mol. The van der Waals surface area contributed by atoms with E-state index in [9.17, 15) is 5.11 Å². The third-order valence-electron chi connectivity index (χ3n) is 2.83. The number of aromatic nitrogens is 2. The molecule has 0 amide bonds. The van der Waals surface area contributed by atoms with Gasteiger partial charge in [0.2, 0.25) is 0 Å². The smallest absolute Gasteiger partial charge is 0.117 e. The number of unbranched alkanes of at least 4 members (excludes halogenated alkanes) is 1. The zero-order valence-corrected chi connectivity index (χ0v) is 11.0. The van der Waals surface area contributed by atoms with Crippen molar-refractivity contribution in [1.29, 1.82) is 0 Å². The second-order valence-electron chi connectivity index (χ2n) is 4.65. The van der Waals surface area contributed by atoms with Gasteiger partial charge in [0.25, 0.3) is 0 Å². The number of nitrogens with zero attached hydrogens (tertiary/aromatic N) is 2. The number of benzene rings is 1. The van der Waals surface area contributed by atoms with E-state index in [2.05, 4.69) is 9.97 Å². The van der Waals surface area contributed by atoms with Crippen molar-refractivity contribution in [1.82, 2.24) is 9.97 Å². The monoisotopic (exact) mass is 258 g/mol. The van der Waals surface area contributed by atoms with Gasteiger partial charge in [-0.25, -0.2) is 4.98 Å². The van der Waals surface area contributed by atoms with Crippen molar-refractivity contribution in [2.45, 2.75) is 32.3 Å². The number of rotatable bonds is 5. The minimum absolute atomic E-state index is 0.197. The number of hydrogen-bond acceptors (Lipinski definition) is 4. The number of aliphatic hydroxyl groups excluding tert-OH is 1. The Morgan fingerprint density at radius 2 is 2.16 bits per heavy atom. The number of aliphatic hydroxyl groups is 1. The fourth-order valence-electron chi connectivity index (χ4n) is 1.83. The van der Waals surface area contributed by atoms with Crippen molar-refractivity contribution in [2.24, 2.45) is 0 Å². The fraction of sp³-hybridized carbons (Fsp3) is 0.333. The summed E-state index contributed by atoms with van der Waals surface area (Å²) in [7, 11) is 0. The lowest BCUT2D eigenvalue weighted by Crippen LogP contribution is -1.97. The predicted octanol–water partition coefficient (Wildman–Crippen LogP) is 2.90. The molecule has 100 valence electrons. The highest BCUT2D eigenvalue weighted by atomic mass is 16.3. The van der Waals surface area contributed by atoms with E-state index >= 15 is 0 Å². The van der Waals surface area contributed by atoms with Crippen LogP contribution >= 0.6 is 0 Å². The molecule has 2 rings (SSSR count). The molecule has 1 heterocycles. The molecule has 1 unspecified atom stereocenters. The first kappa shape index (κ1) is 13.5. The van der Waals surface area contributed by atoms with Crippen LogP contribution < -0.4 is 0 Å². The molecule has 0 fully saturated rings. The van der Waals surface area contributed by atoms with E-state index in [0.29, 0.717) is 5.52 Å². The maximum atomic E-state index is 9.34. The lowest BCUT2D eigenvalue weighted by atomic mass is 10.1. The summed E-state index contributed by atoms with van der Waals surface area (Å²) in [5.74, 6) is 0.197. The second-order valence-corrected chi connectivity index (χ2v) is 4.65. The van der Waals surface area contributed by atoms with Gasteiger partial charge in [-0.3, -0.25) is 4.98 Å². The van der Waals surface area contributed by atoms with Gasteiger partial charge in [0.15, 0.2) is 0 Å². The molecule has 0 aliphatic rings. The van der Waals surface area contributed by atoms with E-state index in [1.54, 1.807) is 31.3 Å². The molecule has 19 heavy (non-hydrogen) atoms. The maximum absolute atomic E-state index is 9.34. The Kier molecular flexibility index (Phi) is 4.47. The highest BCUT2D eigenvalue weighted by Gasteiger charge is 1.99. The van der Waals surface area contributed by atoms with Crippen LogP contribution in [0.2, 0.25) is 0 Å². The highest BCUT2D eigenvalue weighted by molar-refractivity contribution is 5.76. The molecule has 4 nitrogen and oxygen atoms in total. The quantitative estimate of drug-likeness (QED) is 0.809. The number of hydrogen-bond donors (Lipinski definition) is 2. The molecule has 0 radical (unpaired) electrons. The van der Waals surface area contributed by atoms with Crippen LogP contribution in [0.3, 0.4) is 0 Å². The van der Waals surface area contributed by atoms with Gasteiger partial charge in [0, 0.05) is 6.07 Å². The number of phenolic OH excluding ortho intramolecular Hbond substituents is 1. The lowest BCUT2D eigenvalue weighted by Gasteiger charge is -2.01. The molecule has 0 bridgehead atoms. The Morgan fingerprint density at radius 1 is 1.32 bits per heavy atom. The molecule has 2 N–H and O–H groups in total. The zero-order chi connectivity index (χ0) is 13.7. The first-order valence-electron chi connectivity index (χ1n) is 6.45. The summed E-state index contributed by atoms with van der Waals surface area (Å²) in [5.41, 5.74) is 2.26. The molecule has 0 saturated heterocycles. The zero-order valence-electron chi connectivity index (χ0n) is 11.0. The van der Waals surface area contributed by atoms with Gasteiger partial charge in [-0.15, -0.1) is 0 Å². The molecule has 0 spiro atoms. The largest absolute Gasteiger partial charge is 0.508 e. The molecule has 4 heteroatoms. The van der Waals surface area contributed by atoms with Crippen LogP contribution in [0, 0.1) is 0 Å². The van der Waals surface area contributed by atoms with E-state index in [4.69, 9.17) is 5.11 Å². The van der Waals surface area contributed by atoms with Gasteiger partial charge >= 0.3 is 0 Å². The Balaban J connectivity index is 2.01. The molecule has 0 saturated carbocycles. The van der Waals surface area contributed by atoms with Crippen molar-refractivity contribution in [3.63, 3.8) is 0 Å². The lowest BCUT2D eigenvalue weighted by molar-refractivity contribution is 0.182. The number of fused-ring (bicyclic) bond motifs is 1. The molecule has 1 atom stereocenters. The van der Waals surface area contributed by atoms with Gasteiger partial charge in [0.05, 0.1) is 29.0 Å². The number of phenols is 1. The predicted molar refractivity (Wildman–Crippen MR) is 75.8 cm³/mol. The normalized spacial score (nSPS) is 13.2. The molecule has 0 aliphatic carbocycles. The molecule has 0 aliphatic heterocycles. The van der Waals surface area contributed by atoms with Crippen LogP contribution in [0.25, 0.3) is 17.1 Å². The topological polar surface area (TPSA) is 66.2 Å². The van der Waals surface area contributed by atoms with Crippen molar-refractivity contribution in [3.05, 3.63) is 36.2 Å². The van der Waals surface area contributed by atoms with Gasteiger partial charge in [-0.2, -0.15) is 0 Å². The summed E-state index contributed by atoms with van der Waals surface area (Å²) in [4.78, 5) is 8.69. The average molecular weight is 258 g/mol. The Bertz CT molecular complexity index is 579. The molecule has 1 aromatic carbocycles. The summed E-state index contributed by atoms with van der Waals surface area (Å²) in [6, 6.07) is 4.95. The van der Waals surface area contributed by atoms with Crippen LogP contribution in [0.1, 0.15) is 31.9 Å². The maximum Gasteiger partial charge on any atom is 0.117 e. The Morgan fingerprint density at radius 3 is 2.95 bits per heavy atom. The van der Waals surface area contributed by atoms with Crippen LogP contribution in [0.5, 0.6) is 5.75 Å². The summed E-state index contributed by atoms with van der Waals surface area (Å²) < 4.78 is 0. The Labute approximate surface area is 112 Å². The van der Waals surface area contributed by atoms with Gasteiger partial charge < -0.3 is 10.2 Å². The van der Waals surface area contributed by atoms with Crippen LogP contribution in [0.4, 0.5) is 0 Å². The first-order valence-corrected chi connectivity index (χ1v) is 6.45. The van der Waals surface area contributed by atoms with Gasteiger partial charge in [-0.1, -0.05) is 6.08 Å². The molecular formula is C15H18N2O2. The summed E-state index contributed by atoms with van der Waals surface area (Å²) in [6.07, 6.45) is 8.12. The standard InChI is InChI=1S/C15H18N2O2/c1-11(18)5-3-2-4-6-12-10-16-15-9-13(19)7-8-14(15)17-12/h4,6-11,18-19H,2-3,5H2,1H3. The van der Waals surface area contributed by atoms with Crippen molar-refractivity contribution in [3.8, 4) is 5.75 Å². The second kappa shape index (κ2) is 6.29. The van der Waals surface area contributed by atoms with E-state index < -0.39 is 0 Å². The van der Waals surface area contributed by atoms with Crippen molar-refractivity contribution < 1.29 is 10.2 Å². The Hall–Kier alpha value is -1.94. The number of aromatic hydroxyl groups is 1. The van der Waals surface area contributed by atoms with Gasteiger partial charge in [0.1, 0.15) is 5.75 Å². The average Bonchev–Trinajstić information content (AvgIpc) is 2.38. The first-order chi connectivity index (χ1) is 9.15. The highest BCUT2D eigenvalue weighted by Crippen LogP contribution is 2.16. The molecule has 1 aromatic heterocycles. The van der Waals surface area contributed by atoms with E-state index in [1.807, 2.05) is 12.2 Å². The van der Waals surface area contributed by atoms with E-state index in [0.717, 1.165) is 30.5 Å². The third kappa shape index (κ3) is 4.03. The minimum Gasteiger partial charge on any atom is -0.508 e. The van der Waals surface area contributed by atoms with Crippen molar-refractivity contribution in [2.75, 3.05) is 0 Å². The minimum atomic E-state index is -0.235. The summed E-state index contributed by atoms with van der Waals surface area (Å²) >= 11 is 0. The van der Waals surface area contributed by atoms with Gasteiger partial charge in [-0.05, 0) is 44.4 Å². The van der Waals surface area contributed by atoms with E-state index in [-0.39, 0.29) is 11.9 Å². The van der Waals surface area contributed by atoms with Crippen LogP contribution in [-0.4, -0.2) is 26.3 Å². The summed E-state index contributed by atoms with van der Waals surface area (Å²) in [5, 5.41) is 18.5. The van der Waals surface area contributed by atoms with E-state index in [1.165, 1.54) is 0 Å².